The zero-order valence-corrected chi connectivity index (χ0v) is 13.4. The van der Waals surface area contributed by atoms with Crippen LogP contribution in [0.25, 0.3) is 21.8 Å². The second-order valence-electron chi connectivity index (χ2n) is 4.57. The van der Waals surface area contributed by atoms with Gasteiger partial charge in [-0.15, -0.1) is 10.2 Å². The molecule has 0 unspecified atom stereocenters. The van der Waals surface area contributed by atoms with Crippen LogP contribution in [-0.2, 0) is 0 Å². The molecular weight excluding hydrogens is 334 g/mol. The summed E-state index contributed by atoms with van der Waals surface area (Å²) >= 11 is 2.77. The van der Waals surface area contributed by atoms with Gasteiger partial charge in [0.15, 0.2) is 4.34 Å². The van der Waals surface area contributed by atoms with Crippen molar-refractivity contribution in [2.75, 3.05) is 11.6 Å². The number of rotatable bonds is 3. The fourth-order valence-corrected chi connectivity index (χ4v) is 3.38. The number of nitrogens with one attached hydrogen (secondary N) is 1. The van der Waals surface area contributed by atoms with Gasteiger partial charge < -0.3 is 4.52 Å². The van der Waals surface area contributed by atoms with Crippen molar-refractivity contribution >= 4 is 55.9 Å². The van der Waals surface area contributed by atoms with Gasteiger partial charge in [-0.25, -0.2) is 0 Å². The first-order valence-corrected chi connectivity index (χ1v) is 8.62. The van der Waals surface area contributed by atoms with E-state index in [1.807, 2.05) is 24.5 Å². The second-order valence-corrected chi connectivity index (χ2v) is 6.61. The summed E-state index contributed by atoms with van der Waals surface area (Å²) in [6.45, 7) is 0. The number of nitrogens with zero attached hydrogens (tertiary/aromatic N) is 4. The molecule has 0 aliphatic heterocycles. The monoisotopic (exact) mass is 343 g/mol. The highest BCUT2D eigenvalue weighted by atomic mass is 32.2. The van der Waals surface area contributed by atoms with Crippen LogP contribution in [0.5, 0.6) is 0 Å². The van der Waals surface area contributed by atoms with E-state index in [-0.39, 0.29) is 5.76 Å². The molecule has 7 nitrogen and oxygen atoms in total. The van der Waals surface area contributed by atoms with Gasteiger partial charge in [-0.3, -0.25) is 15.1 Å². The molecule has 1 N–H and O–H groups in total. The molecule has 23 heavy (non-hydrogen) atoms. The summed E-state index contributed by atoms with van der Waals surface area (Å²) in [6.07, 6.45) is 3.61. The molecule has 0 aliphatic carbocycles. The van der Waals surface area contributed by atoms with Crippen LogP contribution < -0.4 is 5.32 Å². The van der Waals surface area contributed by atoms with E-state index in [1.54, 1.807) is 12.3 Å². The molecule has 3 heterocycles. The van der Waals surface area contributed by atoms with Gasteiger partial charge >= 0.3 is 0 Å². The standard InChI is InChI=1S/C14H9N5O2S2/c1-22-14-18-17-13(23-14)16-12(20)11-8-4-5-9-7(3-2-6-15-9)10(8)19-21-11/h2-6H,1H3,(H,16,17,20). The Bertz CT molecular complexity index is 1030. The molecule has 0 saturated heterocycles. The van der Waals surface area contributed by atoms with Crippen molar-refractivity contribution in [2.24, 2.45) is 0 Å². The molecule has 0 saturated carbocycles. The van der Waals surface area contributed by atoms with Gasteiger partial charge in [0, 0.05) is 11.6 Å². The number of aromatic nitrogens is 4. The lowest BCUT2D eigenvalue weighted by Gasteiger charge is -1.98. The van der Waals surface area contributed by atoms with Gasteiger partial charge in [0.2, 0.25) is 10.9 Å². The smallest absolute Gasteiger partial charge is 0.296 e. The van der Waals surface area contributed by atoms with Crippen LogP contribution in [0.3, 0.4) is 0 Å². The Labute approximate surface area is 138 Å². The lowest BCUT2D eigenvalue weighted by molar-refractivity contribution is 0.0990. The third-order valence-electron chi connectivity index (χ3n) is 3.24. The summed E-state index contributed by atoms with van der Waals surface area (Å²) in [5.74, 6) is -0.258. The van der Waals surface area contributed by atoms with Crippen LogP contribution in [-0.4, -0.2) is 32.5 Å². The van der Waals surface area contributed by atoms with Crippen molar-refractivity contribution in [3.8, 4) is 0 Å². The molecule has 114 valence electrons. The summed E-state index contributed by atoms with van der Waals surface area (Å²) in [6, 6.07) is 7.33. The zero-order valence-electron chi connectivity index (χ0n) is 11.8. The normalized spacial score (nSPS) is 11.2. The maximum absolute atomic E-state index is 12.4. The molecule has 0 radical (unpaired) electrons. The number of pyridine rings is 1. The minimum atomic E-state index is -0.403. The molecule has 3 aromatic heterocycles. The predicted octanol–water partition coefficient (Wildman–Crippen LogP) is 3.20. The van der Waals surface area contributed by atoms with Crippen molar-refractivity contribution < 1.29 is 9.32 Å². The minimum absolute atomic E-state index is 0.145. The van der Waals surface area contributed by atoms with E-state index in [0.29, 0.717) is 16.0 Å². The third-order valence-corrected chi connectivity index (χ3v) is 5.05. The summed E-state index contributed by atoms with van der Waals surface area (Å²) < 4.78 is 6.03. The maximum atomic E-state index is 12.4. The predicted molar refractivity (Wildman–Crippen MR) is 89.0 cm³/mol. The topological polar surface area (TPSA) is 93.8 Å². The average Bonchev–Trinajstić information content (AvgIpc) is 3.21. The van der Waals surface area contributed by atoms with E-state index >= 15 is 0 Å². The SMILES string of the molecule is CSc1nnc(NC(=O)c2onc3c2ccc2ncccc23)s1. The molecule has 0 spiro atoms. The molecule has 9 heteroatoms. The first-order valence-electron chi connectivity index (χ1n) is 6.58. The quantitative estimate of drug-likeness (QED) is 0.451. The Kier molecular flexibility index (Phi) is 3.43. The number of hydrogen-bond donors (Lipinski definition) is 1. The number of thioether (sulfide) groups is 1. The fourth-order valence-electron chi connectivity index (χ4n) is 2.22. The Morgan fingerprint density at radius 3 is 3.00 bits per heavy atom. The molecule has 0 fully saturated rings. The highest BCUT2D eigenvalue weighted by molar-refractivity contribution is 8.00. The Morgan fingerprint density at radius 1 is 1.26 bits per heavy atom. The Hall–Kier alpha value is -2.52. The minimum Gasteiger partial charge on any atom is -0.350 e. The van der Waals surface area contributed by atoms with Gasteiger partial charge in [-0.1, -0.05) is 28.3 Å². The number of carbonyl (C=O) groups is 1. The van der Waals surface area contributed by atoms with E-state index < -0.39 is 5.91 Å². The van der Waals surface area contributed by atoms with Gasteiger partial charge in [-0.2, -0.15) is 0 Å². The largest absolute Gasteiger partial charge is 0.350 e. The summed E-state index contributed by atoms with van der Waals surface area (Å²) in [4.78, 5) is 16.7. The van der Waals surface area contributed by atoms with Crippen LogP contribution in [0.1, 0.15) is 10.6 Å². The van der Waals surface area contributed by atoms with Crippen molar-refractivity contribution in [2.45, 2.75) is 4.34 Å². The highest BCUT2D eigenvalue weighted by Gasteiger charge is 2.19. The van der Waals surface area contributed by atoms with Gasteiger partial charge in [0.1, 0.15) is 5.52 Å². The molecule has 0 atom stereocenters. The van der Waals surface area contributed by atoms with Crippen molar-refractivity contribution in [3.05, 3.63) is 36.2 Å². The van der Waals surface area contributed by atoms with Gasteiger partial charge in [0.05, 0.1) is 10.9 Å². The van der Waals surface area contributed by atoms with E-state index in [0.717, 1.165) is 15.2 Å². The number of fused-ring (bicyclic) bond motifs is 3. The Morgan fingerprint density at radius 2 is 2.17 bits per heavy atom. The van der Waals surface area contributed by atoms with E-state index in [4.69, 9.17) is 4.52 Å². The summed E-state index contributed by atoms with van der Waals surface area (Å²) in [5, 5.41) is 16.4. The first-order chi connectivity index (χ1) is 11.3. The Balaban J connectivity index is 1.73. The molecule has 4 rings (SSSR count). The lowest BCUT2D eigenvalue weighted by atomic mass is 10.1. The number of amides is 1. The van der Waals surface area contributed by atoms with Crippen LogP contribution in [0, 0.1) is 0 Å². The van der Waals surface area contributed by atoms with E-state index in [1.165, 1.54) is 23.1 Å². The molecule has 0 bridgehead atoms. The summed E-state index contributed by atoms with van der Waals surface area (Å²) in [5.41, 5.74) is 1.41. The van der Waals surface area contributed by atoms with E-state index in [2.05, 4.69) is 25.7 Å². The average molecular weight is 343 g/mol. The van der Waals surface area contributed by atoms with Crippen molar-refractivity contribution in [1.82, 2.24) is 20.3 Å². The number of hydrogen-bond acceptors (Lipinski definition) is 8. The molecule has 4 aromatic rings. The fraction of sp³-hybridized carbons (Fsp3) is 0.0714. The molecular formula is C14H9N5O2S2. The zero-order chi connectivity index (χ0) is 15.8. The molecule has 0 aliphatic rings. The van der Waals surface area contributed by atoms with Gasteiger partial charge in [0.25, 0.3) is 5.91 Å². The van der Waals surface area contributed by atoms with Crippen LogP contribution in [0.2, 0.25) is 0 Å². The third kappa shape index (κ3) is 2.43. The second kappa shape index (κ2) is 5.60. The van der Waals surface area contributed by atoms with Gasteiger partial charge in [-0.05, 0) is 30.5 Å². The van der Waals surface area contributed by atoms with Crippen molar-refractivity contribution in [3.63, 3.8) is 0 Å². The first kappa shape index (κ1) is 14.1. The van der Waals surface area contributed by atoms with E-state index in [9.17, 15) is 4.79 Å². The maximum Gasteiger partial charge on any atom is 0.296 e. The number of anilines is 1. The lowest BCUT2D eigenvalue weighted by Crippen LogP contribution is -2.11. The molecule has 1 amide bonds. The van der Waals surface area contributed by atoms with Crippen LogP contribution in [0.15, 0.2) is 39.3 Å². The number of benzene rings is 1. The molecule has 1 aromatic carbocycles. The summed E-state index contributed by atoms with van der Waals surface area (Å²) in [7, 11) is 0. The highest BCUT2D eigenvalue weighted by Crippen LogP contribution is 2.27. The van der Waals surface area contributed by atoms with Crippen molar-refractivity contribution in [1.29, 1.82) is 0 Å². The van der Waals surface area contributed by atoms with Crippen LogP contribution in [0.4, 0.5) is 5.13 Å². The van der Waals surface area contributed by atoms with Crippen LogP contribution >= 0.6 is 23.1 Å². The number of carbonyl (C=O) groups excluding carboxylic acids is 1.